The lowest BCUT2D eigenvalue weighted by Gasteiger charge is -2.28. The molecule has 138 valence electrons. The van der Waals surface area contributed by atoms with Crippen LogP contribution < -0.4 is 10.0 Å². The average molecular weight is 375 g/mol. The van der Waals surface area contributed by atoms with E-state index in [1.54, 1.807) is 28.9 Å². The smallest absolute Gasteiger partial charge is 0.320 e. The van der Waals surface area contributed by atoms with Crippen LogP contribution in [-0.4, -0.2) is 37.4 Å². The number of benzene rings is 2. The number of rotatable bonds is 5. The Balaban J connectivity index is 1.82. The Kier molecular flexibility index (Phi) is 6.09. The number of nitrogens with zero attached hydrogens (tertiary/aromatic N) is 1. The Morgan fingerprint density at radius 3 is 2.46 bits per heavy atom. The molecule has 1 aliphatic rings. The molecule has 1 saturated heterocycles. The standard InChI is InChI=1S/C19H22NO5P/c1-23-19(21)15-20-13-5-6-14-24-26(20,22)18-11-9-17(10-12-18)25-16-7-3-2-4-8-16/h2-4,7-12H,5-6,13-15H2,1H3. The van der Waals surface area contributed by atoms with Gasteiger partial charge in [0.15, 0.2) is 0 Å². The van der Waals surface area contributed by atoms with E-state index in [4.69, 9.17) is 14.0 Å². The van der Waals surface area contributed by atoms with Crippen molar-refractivity contribution in [2.45, 2.75) is 12.8 Å². The zero-order valence-electron chi connectivity index (χ0n) is 14.7. The molecule has 0 spiro atoms. The maximum absolute atomic E-state index is 13.6. The van der Waals surface area contributed by atoms with Gasteiger partial charge in [-0.2, -0.15) is 0 Å². The van der Waals surface area contributed by atoms with Gasteiger partial charge < -0.3 is 14.0 Å². The molecule has 2 aromatic rings. The first kappa shape index (κ1) is 18.6. The highest BCUT2D eigenvalue weighted by molar-refractivity contribution is 7.64. The maximum Gasteiger partial charge on any atom is 0.320 e. The second kappa shape index (κ2) is 8.49. The van der Waals surface area contributed by atoms with Gasteiger partial charge in [-0.15, -0.1) is 0 Å². The van der Waals surface area contributed by atoms with Crippen LogP contribution in [0.1, 0.15) is 12.8 Å². The summed E-state index contributed by atoms with van der Waals surface area (Å²) < 4.78 is 31.4. The van der Waals surface area contributed by atoms with E-state index in [1.165, 1.54) is 7.11 Å². The van der Waals surface area contributed by atoms with Gasteiger partial charge in [-0.25, -0.2) is 4.67 Å². The van der Waals surface area contributed by atoms with Gasteiger partial charge in [0, 0.05) is 6.54 Å². The van der Waals surface area contributed by atoms with Crippen LogP contribution in [0.15, 0.2) is 54.6 Å². The summed E-state index contributed by atoms with van der Waals surface area (Å²) in [6.07, 6.45) is 1.62. The van der Waals surface area contributed by atoms with Crippen LogP contribution in [0.5, 0.6) is 11.5 Å². The molecule has 6 nitrogen and oxygen atoms in total. The Hall–Kier alpha value is -2.14. The second-order valence-corrected chi connectivity index (χ2v) is 8.32. The highest BCUT2D eigenvalue weighted by atomic mass is 31.2. The zero-order valence-corrected chi connectivity index (χ0v) is 15.6. The van der Waals surface area contributed by atoms with Crippen molar-refractivity contribution in [2.75, 3.05) is 26.8 Å². The fourth-order valence-electron chi connectivity index (χ4n) is 2.75. The molecule has 0 aromatic heterocycles. The monoisotopic (exact) mass is 375 g/mol. The van der Waals surface area contributed by atoms with Gasteiger partial charge in [0.25, 0.3) is 0 Å². The quantitative estimate of drug-likeness (QED) is 0.588. The van der Waals surface area contributed by atoms with Crippen molar-refractivity contribution in [1.82, 2.24) is 4.67 Å². The summed E-state index contributed by atoms with van der Waals surface area (Å²) >= 11 is 0. The predicted octanol–water partition coefficient (Wildman–Crippen LogP) is 3.58. The van der Waals surface area contributed by atoms with E-state index in [2.05, 4.69) is 0 Å². The Labute approximate surface area is 153 Å². The van der Waals surface area contributed by atoms with Crippen LogP contribution in [0, 0.1) is 0 Å². The van der Waals surface area contributed by atoms with E-state index < -0.39 is 13.5 Å². The number of methoxy groups -OCH3 is 1. The third-order valence-electron chi connectivity index (χ3n) is 4.13. The number of esters is 1. The van der Waals surface area contributed by atoms with E-state index >= 15 is 0 Å². The third-order valence-corrected chi connectivity index (χ3v) is 6.70. The van der Waals surface area contributed by atoms with Crippen molar-refractivity contribution in [3.05, 3.63) is 54.6 Å². The van der Waals surface area contributed by atoms with Crippen LogP contribution in [0.25, 0.3) is 0 Å². The predicted molar refractivity (Wildman–Crippen MR) is 99.0 cm³/mol. The van der Waals surface area contributed by atoms with Crippen molar-refractivity contribution in [1.29, 1.82) is 0 Å². The minimum atomic E-state index is -3.31. The highest BCUT2D eigenvalue weighted by Crippen LogP contribution is 2.51. The van der Waals surface area contributed by atoms with Gasteiger partial charge in [0.2, 0.25) is 0 Å². The lowest BCUT2D eigenvalue weighted by atomic mass is 10.3. The van der Waals surface area contributed by atoms with Crippen LogP contribution in [-0.2, 0) is 18.6 Å². The van der Waals surface area contributed by atoms with Crippen LogP contribution in [0.3, 0.4) is 0 Å². The number of carbonyl (C=O) groups is 1. The van der Waals surface area contributed by atoms with Gasteiger partial charge >= 0.3 is 13.5 Å². The number of hydrogen-bond acceptors (Lipinski definition) is 5. The lowest BCUT2D eigenvalue weighted by molar-refractivity contribution is -0.140. The van der Waals surface area contributed by atoms with Gasteiger partial charge in [-0.3, -0.25) is 9.36 Å². The Morgan fingerprint density at radius 1 is 1.08 bits per heavy atom. The molecule has 1 heterocycles. The van der Waals surface area contributed by atoms with Crippen molar-refractivity contribution in [3.8, 4) is 11.5 Å². The first-order valence-electron chi connectivity index (χ1n) is 8.52. The lowest BCUT2D eigenvalue weighted by Crippen LogP contribution is -2.32. The van der Waals surface area contributed by atoms with E-state index in [0.29, 0.717) is 24.2 Å². The van der Waals surface area contributed by atoms with Crippen LogP contribution >= 0.6 is 7.52 Å². The van der Waals surface area contributed by atoms with E-state index in [9.17, 15) is 9.36 Å². The Bertz CT molecular complexity index is 778. The first-order chi connectivity index (χ1) is 12.6. The molecule has 0 amide bonds. The Morgan fingerprint density at radius 2 is 1.77 bits per heavy atom. The van der Waals surface area contributed by atoms with Gasteiger partial charge in [-0.05, 0) is 49.2 Å². The molecule has 1 unspecified atom stereocenters. The third kappa shape index (κ3) is 4.33. The molecule has 26 heavy (non-hydrogen) atoms. The maximum atomic E-state index is 13.6. The number of para-hydroxylation sites is 1. The second-order valence-electron chi connectivity index (χ2n) is 5.93. The molecule has 1 aliphatic heterocycles. The summed E-state index contributed by atoms with van der Waals surface area (Å²) in [7, 11) is -1.99. The molecular formula is C19H22NO5P. The molecule has 0 radical (unpaired) electrons. The highest BCUT2D eigenvalue weighted by Gasteiger charge is 2.37. The number of hydrogen-bond donors (Lipinski definition) is 0. The molecule has 1 fully saturated rings. The molecule has 0 N–H and O–H groups in total. The minimum Gasteiger partial charge on any atom is -0.468 e. The molecular weight excluding hydrogens is 353 g/mol. The normalized spacial score (nSPS) is 21.0. The summed E-state index contributed by atoms with van der Waals surface area (Å²) in [5.74, 6) is 0.936. The van der Waals surface area contributed by atoms with Gasteiger partial charge in [0.05, 0.1) is 19.0 Å². The van der Waals surface area contributed by atoms with Gasteiger partial charge in [0.1, 0.15) is 18.0 Å². The molecule has 0 bridgehead atoms. The summed E-state index contributed by atoms with van der Waals surface area (Å²) in [6.45, 7) is 0.863. The summed E-state index contributed by atoms with van der Waals surface area (Å²) in [5.41, 5.74) is 0. The summed E-state index contributed by atoms with van der Waals surface area (Å²) in [5, 5.41) is 0.545. The van der Waals surface area contributed by atoms with Gasteiger partial charge in [-0.1, -0.05) is 18.2 Å². The SMILES string of the molecule is COC(=O)CN1CCCCOP1(=O)c1ccc(Oc2ccccc2)cc1. The number of carbonyl (C=O) groups excluding carboxylic acids is 1. The van der Waals surface area contributed by atoms with Crippen LogP contribution in [0.4, 0.5) is 0 Å². The van der Waals surface area contributed by atoms with Crippen molar-refractivity contribution >= 4 is 18.8 Å². The summed E-state index contributed by atoms with van der Waals surface area (Å²) in [6, 6.07) is 16.4. The van der Waals surface area contributed by atoms with Crippen molar-refractivity contribution in [2.24, 2.45) is 0 Å². The largest absolute Gasteiger partial charge is 0.468 e. The van der Waals surface area contributed by atoms with Crippen molar-refractivity contribution < 1.29 is 23.4 Å². The fourth-order valence-corrected chi connectivity index (χ4v) is 5.00. The summed E-state index contributed by atoms with van der Waals surface area (Å²) in [4.78, 5) is 11.7. The minimum absolute atomic E-state index is 0.0595. The molecule has 2 aromatic carbocycles. The molecule has 3 rings (SSSR count). The average Bonchev–Trinajstić information content (AvgIpc) is 2.85. The van der Waals surface area contributed by atoms with E-state index in [0.717, 1.165) is 18.6 Å². The van der Waals surface area contributed by atoms with E-state index in [-0.39, 0.29) is 6.54 Å². The van der Waals surface area contributed by atoms with Crippen molar-refractivity contribution in [3.63, 3.8) is 0 Å². The molecule has 0 saturated carbocycles. The topological polar surface area (TPSA) is 65.1 Å². The number of ether oxygens (including phenoxy) is 2. The van der Waals surface area contributed by atoms with Crippen LogP contribution in [0.2, 0.25) is 0 Å². The molecule has 1 atom stereocenters. The zero-order chi connectivity index (χ0) is 18.4. The fraction of sp³-hybridized carbons (Fsp3) is 0.316. The molecule has 0 aliphatic carbocycles. The molecule has 7 heteroatoms. The van der Waals surface area contributed by atoms with E-state index in [1.807, 2.05) is 30.3 Å². The first-order valence-corrected chi connectivity index (χ1v) is 10.1.